The van der Waals surface area contributed by atoms with Crippen molar-refractivity contribution in [2.45, 2.75) is 58.5 Å². The third-order valence-corrected chi connectivity index (χ3v) is 4.41. The van der Waals surface area contributed by atoms with Crippen molar-refractivity contribution in [3.63, 3.8) is 0 Å². The number of fused-ring (bicyclic) bond motifs is 1. The summed E-state index contributed by atoms with van der Waals surface area (Å²) < 4.78 is 5.45. The minimum atomic E-state index is -0.191. The van der Waals surface area contributed by atoms with E-state index in [2.05, 4.69) is 6.92 Å². The van der Waals surface area contributed by atoms with E-state index in [1.54, 1.807) is 0 Å². The van der Waals surface area contributed by atoms with Crippen LogP contribution in [0, 0.1) is 11.3 Å². The molecule has 0 aromatic heterocycles. The summed E-state index contributed by atoms with van der Waals surface area (Å²) in [7, 11) is 0. The molecule has 2 aliphatic rings. The lowest BCUT2D eigenvalue weighted by molar-refractivity contribution is -0.164. The van der Waals surface area contributed by atoms with Gasteiger partial charge in [0.1, 0.15) is 11.9 Å². The SMILES string of the molecule is CC(=O)O[C@H]1CCC[C@@H]2CC(=O)CC[C@@]21C. The Balaban J connectivity index is 2.15. The van der Waals surface area contributed by atoms with Crippen LogP contribution in [-0.2, 0) is 14.3 Å². The summed E-state index contributed by atoms with van der Waals surface area (Å²) in [6, 6.07) is 0. The molecule has 0 saturated heterocycles. The summed E-state index contributed by atoms with van der Waals surface area (Å²) in [5.41, 5.74) is 0.0395. The number of Topliss-reactive ketones (excluding diaryl/α,β-unsaturated/α-hetero) is 1. The molecule has 0 unspecified atom stereocenters. The van der Waals surface area contributed by atoms with Gasteiger partial charge >= 0.3 is 5.97 Å². The highest BCUT2D eigenvalue weighted by Crippen LogP contribution is 2.50. The topological polar surface area (TPSA) is 43.4 Å². The number of carbonyl (C=O) groups is 2. The molecule has 90 valence electrons. The van der Waals surface area contributed by atoms with Crippen LogP contribution in [0.3, 0.4) is 0 Å². The monoisotopic (exact) mass is 224 g/mol. The van der Waals surface area contributed by atoms with Gasteiger partial charge in [-0.15, -0.1) is 0 Å². The van der Waals surface area contributed by atoms with Crippen LogP contribution in [0.25, 0.3) is 0 Å². The predicted octanol–water partition coefficient (Wildman–Crippen LogP) is 2.48. The molecule has 0 aromatic rings. The molecule has 0 aromatic carbocycles. The summed E-state index contributed by atoms with van der Waals surface area (Å²) >= 11 is 0. The van der Waals surface area contributed by atoms with Crippen molar-refractivity contribution >= 4 is 11.8 Å². The maximum absolute atomic E-state index is 11.5. The van der Waals surface area contributed by atoms with Gasteiger partial charge in [-0.1, -0.05) is 6.92 Å². The molecular weight excluding hydrogens is 204 g/mol. The van der Waals surface area contributed by atoms with Gasteiger partial charge in [-0.3, -0.25) is 9.59 Å². The van der Waals surface area contributed by atoms with Gasteiger partial charge in [-0.05, 0) is 31.6 Å². The van der Waals surface area contributed by atoms with Gasteiger partial charge in [0.2, 0.25) is 0 Å². The molecular formula is C13H20O3. The Morgan fingerprint density at radius 3 is 2.88 bits per heavy atom. The van der Waals surface area contributed by atoms with Crippen molar-refractivity contribution in [1.29, 1.82) is 0 Å². The Bertz CT molecular complexity index is 310. The number of rotatable bonds is 1. The van der Waals surface area contributed by atoms with E-state index in [-0.39, 0.29) is 17.5 Å². The molecule has 0 aliphatic heterocycles. The molecule has 0 spiro atoms. The number of esters is 1. The Kier molecular flexibility index (Phi) is 3.04. The van der Waals surface area contributed by atoms with Crippen molar-refractivity contribution in [3.8, 4) is 0 Å². The van der Waals surface area contributed by atoms with Gasteiger partial charge in [0.05, 0.1) is 0 Å². The van der Waals surface area contributed by atoms with Crippen LogP contribution in [0.1, 0.15) is 52.4 Å². The van der Waals surface area contributed by atoms with Gasteiger partial charge in [-0.2, -0.15) is 0 Å². The average Bonchev–Trinajstić information content (AvgIpc) is 2.20. The zero-order valence-electron chi connectivity index (χ0n) is 10.1. The fraction of sp³-hybridized carbons (Fsp3) is 0.846. The van der Waals surface area contributed by atoms with Crippen LogP contribution in [0.15, 0.2) is 0 Å². The van der Waals surface area contributed by atoms with Crippen LogP contribution in [0.4, 0.5) is 0 Å². The maximum atomic E-state index is 11.5. The standard InChI is InChI=1S/C13H20O3/c1-9(14)16-12-5-3-4-10-8-11(15)6-7-13(10,12)2/h10,12H,3-8H2,1-2H3/t10-,12+,13+/m1/s1. The molecule has 2 aliphatic carbocycles. The van der Waals surface area contributed by atoms with Crippen LogP contribution < -0.4 is 0 Å². The third kappa shape index (κ3) is 2.00. The van der Waals surface area contributed by atoms with Crippen molar-refractivity contribution < 1.29 is 14.3 Å². The highest BCUT2D eigenvalue weighted by atomic mass is 16.5. The Hall–Kier alpha value is -0.860. The van der Waals surface area contributed by atoms with Crippen molar-refractivity contribution in [2.75, 3.05) is 0 Å². The zero-order chi connectivity index (χ0) is 11.8. The normalized spacial score (nSPS) is 39.0. The Morgan fingerprint density at radius 2 is 2.19 bits per heavy atom. The van der Waals surface area contributed by atoms with Crippen molar-refractivity contribution in [1.82, 2.24) is 0 Å². The minimum Gasteiger partial charge on any atom is -0.462 e. The van der Waals surface area contributed by atoms with Gasteiger partial charge in [0, 0.05) is 25.2 Å². The summed E-state index contributed by atoms with van der Waals surface area (Å²) in [4.78, 5) is 22.6. The smallest absolute Gasteiger partial charge is 0.302 e. The van der Waals surface area contributed by atoms with Gasteiger partial charge in [0.15, 0.2) is 0 Å². The van der Waals surface area contributed by atoms with E-state index in [0.29, 0.717) is 24.5 Å². The number of hydrogen-bond acceptors (Lipinski definition) is 3. The lowest BCUT2D eigenvalue weighted by Crippen LogP contribution is -2.48. The number of hydrogen-bond donors (Lipinski definition) is 0. The first-order valence-corrected chi connectivity index (χ1v) is 6.21. The van der Waals surface area contributed by atoms with Crippen LogP contribution in [-0.4, -0.2) is 17.9 Å². The summed E-state index contributed by atoms with van der Waals surface area (Å²) in [5.74, 6) is 0.613. The molecule has 0 N–H and O–H groups in total. The summed E-state index contributed by atoms with van der Waals surface area (Å²) in [6.45, 7) is 3.66. The maximum Gasteiger partial charge on any atom is 0.302 e. The second-order valence-electron chi connectivity index (χ2n) is 5.47. The van der Waals surface area contributed by atoms with E-state index in [9.17, 15) is 9.59 Å². The molecule has 3 heteroatoms. The lowest BCUT2D eigenvalue weighted by atomic mass is 9.59. The first kappa shape index (κ1) is 11.6. The summed E-state index contributed by atoms with van der Waals surface area (Å²) in [6.07, 6.45) is 5.40. The molecule has 2 saturated carbocycles. The average molecular weight is 224 g/mol. The Labute approximate surface area is 96.5 Å². The third-order valence-electron chi connectivity index (χ3n) is 4.41. The van der Waals surface area contributed by atoms with Crippen LogP contribution >= 0.6 is 0 Å². The van der Waals surface area contributed by atoms with Gasteiger partial charge in [-0.25, -0.2) is 0 Å². The van der Waals surface area contributed by atoms with E-state index in [4.69, 9.17) is 4.74 Å². The number of ketones is 1. The van der Waals surface area contributed by atoms with Gasteiger partial charge < -0.3 is 4.74 Å². The van der Waals surface area contributed by atoms with Crippen molar-refractivity contribution in [2.24, 2.45) is 11.3 Å². The summed E-state index contributed by atoms with van der Waals surface area (Å²) in [5, 5.41) is 0. The van der Waals surface area contributed by atoms with E-state index < -0.39 is 0 Å². The first-order valence-electron chi connectivity index (χ1n) is 6.21. The van der Waals surface area contributed by atoms with E-state index >= 15 is 0 Å². The lowest BCUT2D eigenvalue weighted by Gasteiger charge is -2.49. The largest absolute Gasteiger partial charge is 0.462 e. The molecule has 2 fully saturated rings. The van der Waals surface area contributed by atoms with E-state index in [1.165, 1.54) is 6.92 Å². The predicted molar refractivity (Wildman–Crippen MR) is 59.9 cm³/mol. The fourth-order valence-corrected chi connectivity index (χ4v) is 3.35. The highest BCUT2D eigenvalue weighted by molar-refractivity contribution is 5.79. The molecule has 2 rings (SSSR count). The molecule has 0 heterocycles. The second kappa shape index (κ2) is 4.19. The molecule has 0 radical (unpaired) electrons. The molecule has 3 nitrogen and oxygen atoms in total. The second-order valence-corrected chi connectivity index (χ2v) is 5.47. The quantitative estimate of drug-likeness (QED) is 0.643. The minimum absolute atomic E-state index is 0.0249. The van der Waals surface area contributed by atoms with Gasteiger partial charge in [0.25, 0.3) is 0 Å². The van der Waals surface area contributed by atoms with E-state index in [0.717, 1.165) is 25.7 Å². The van der Waals surface area contributed by atoms with E-state index in [1.807, 2.05) is 0 Å². The number of ether oxygens (including phenoxy) is 1. The molecule has 0 amide bonds. The number of carbonyl (C=O) groups excluding carboxylic acids is 2. The first-order chi connectivity index (χ1) is 7.52. The molecule has 0 bridgehead atoms. The fourth-order valence-electron chi connectivity index (χ4n) is 3.35. The van der Waals surface area contributed by atoms with Crippen LogP contribution in [0.5, 0.6) is 0 Å². The van der Waals surface area contributed by atoms with Crippen LogP contribution in [0.2, 0.25) is 0 Å². The molecule has 3 atom stereocenters. The molecule has 16 heavy (non-hydrogen) atoms. The Morgan fingerprint density at radius 1 is 1.44 bits per heavy atom. The van der Waals surface area contributed by atoms with Crippen molar-refractivity contribution in [3.05, 3.63) is 0 Å². The zero-order valence-corrected chi connectivity index (χ0v) is 10.1. The highest BCUT2D eigenvalue weighted by Gasteiger charge is 2.48.